The minimum Gasteiger partial charge on any atom is -0.347 e. The van der Waals surface area contributed by atoms with Crippen molar-refractivity contribution in [1.82, 2.24) is 21.3 Å². The summed E-state index contributed by atoms with van der Waals surface area (Å²) in [5.41, 5.74) is 0.138. The van der Waals surface area contributed by atoms with Gasteiger partial charge in [0.1, 0.15) is 18.4 Å². The molecule has 9 heteroatoms. The van der Waals surface area contributed by atoms with Crippen molar-refractivity contribution in [2.75, 3.05) is 26.9 Å². The standard InChI is InChI=1S/C21H30N4O5/c1-3-17(26)21(9-10-21)30-14-24-18(27)13-23-20(29)16(25-19(28)12-22-2)11-15-7-5-4-6-8-15/h4-8,16,22H,3,9-14H2,1-2H3,(H,23,29)(H,24,27)(H,25,28). The molecule has 1 unspecified atom stereocenters. The molecule has 0 bridgehead atoms. The monoisotopic (exact) mass is 418 g/mol. The Morgan fingerprint density at radius 2 is 1.73 bits per heavy atom. The predicted octanol–water partition coefficient (Wildman–Crippen LogP) is -0.348. The van der Waals surface area contributed by atoms with Crippen LogP contribution in [0.3, 0.4) is 0 Å². The molecule has 0 heterocycles. The third-order valence-corrected chi connectivity index (χ3v) is 4.85. The number of benzene rings is 1. The van der Waals surface area contributed by atoms with Crippen LogP contribution in [0.1, 0.15) is 31.7 Å². The van der Waals surface area contributed by atoms with E-state index in [1.165, 1.54) is 0 Å². The number of nitrogens with one attached hydrogen (secondary N) is 4. The van der Waals surface area contributed by atoms with Crippen LogP contribution in [0.4, 0.5) is 0 Å². The summed E-state index contributed by atoms with van der Waals surface area (Å²) in [4.78, 5) is 48.3. The molecule has 1 atom stereocenters. The Balaban J connectivity index is 1.81. The van der Waals surface area contributed by atoms with Gasteiger partial charge >= 0.3 is 0 Å². The van der Waals surface area contributed by atoms with Gasteiger partial charge in [-0.05, 0) is 25.5 Å². The molecule has 0 radical (unpaired) electrons. The van der Waals surface area contributed by atoms with Gasteiger partial charge in [0, 0.05) is 12.8 Å². The van der Waals surface area contributed by atoms with E-state index in [2.05, 4.69) is 21.3 Å². The van der Waals surface area contributed by atoms with Crippen LogP contribution < -0.4 is 21.3 Å². The van der Waals surface area contributed by atoms with Crippen LogP contribution in [-0.4, -0.2) is 62.0 Å². The van der Waals surface area contributed by atoms with Gasteiger partial charge in [0.25, 0.3) is 0 Å². The number of hydrogen-bond donors (Lipinski definition) is 4. The van der Waals surface area contributed by atoms with E-state index in [-0.39, 0.29) is 31.5 Å². The Bertz CT molecular complexity index is 749. The van der Waals surface area contributed by atoms with E-state index in [1.807, 2.05) is 30.3 Å². The first-order valence-corrected chi connectivity index (χ1v) is 10.1. The molecule has 0 spiro atoms. The van der Waals surface area contributed by atoms with Crippen LogP contribution in [0.25, 0.3) is 0 Å². The molecule has 164 valence electrons. The number of likely N-dealkylation sites (N-methyl/N-ethyl adjacent to an activating group) is 1. The van der Waals surface area contributed by atoms with Crippen LogP contribution in [0.2, 0.25) is 0 Å². The van der Waals surface area contributed by atoms with Crippen LogP contribution in [0, 0.1) is 0 Å². The van der Waals surface area contributed by atoms with E-state index in [4.69, 9.17) is 4.74 Å². The summed E-state index contributed by atoms with van der Waals surface area (Å²) in [5, 5.41) is 10.5. The highest BCUT2D eigenvalue weighted by atomic mass is 16.5. The van der Waals surface area contributed by atoms with Crippen molar-refractivity contribution in [2.45, 2.75) is 44.2 Å². The first kappa shape index (κ1) is 23.5. The lowest BCUT2D eigenvalue weighted by atomic mass is 10.1. The summed E-state index contributed by atoms with van der Waals surface area (Å²) >= 11 is 0. The molecule has 30 heavy (non-hydrogen) atoms. The molecule has 1 aromatic carbocycles. The second kappa shape index (κ2) is 11.4. The van der Waals surface area contributed by atoms with Crippen molar-refractivity contribution in [3.8, 4) is 0 Å². The van der Waals surface area contributed by atoms with Crippen LogP contribution in [0.15, 0.2) is 30.3 Å². The predicted molar refractivity (Wildman–Crippen MR) is 110 cm³/mol. The van der Waals surface area contributed by atoms with E-state index in [0.29, 0.717) is 25.7 Å². The Kier molecular flexibility index (Phi) is 8.94. The van der Waals surface area contributed by atoms with Crippen LogP contribution in [0.5, 0.6) is 0 Å². The van der Waals surface area contributed by atoms with Crippen molar-refractivity contribution in [3.05, 3.63) is 35.9 Å². The molecule has 1 aromatic rings. The summed E-state index contributed by atoms with van der Waals surface area (Å²) < 4.78 is 5.52. The summed E-state index contributed by atoms with van der Waals surface area (Å²) in [7, 11) is 1.64. The van der Waals surface area contributed by atoms with E-state index < -0.39 is 23.5 Å². The maximum Gasteiger partial charge on any atom is 0.243 e. The second-order valence-corrected chi connectivity index (χ2v) is 7.22. The molecule has 1 aliphatic carbocycles. The fourth-order valence-electron chi connectivity index (χ4n) is 3.01. The Hall–Kier alpha value is -2.78. The zero-order valence-electron chi connectivity index (χ0n) is 17.5. The third kappa shape index (κ3) is 7.23. The molecule has 4 N–H and O–H groups in total. The maximum absolute atomic E-state index is 12.6. The molecule has 2 rings (SSSR count). The summed E-state index contributed by atoms with van der Waals surface area (Å²) in [6.07, 6.45) is 2.03. The van der Waals surface area contributed by atoms with Gasteiger partial charge in [-0.15, -0.1) is 0 Å². The third-order valence-electron chi connectivity index (χ3n) is 4.85. The molecule has 0 aromatic heterocycles. The van der Waals surface area contributed by atoms with Gasteiger partial charge in [0.15, 0.2) is 5.78 Å². The Labute approximate surface area is 176 Å². The van der Waals surface area contributed by atoms with E-state index in [9.17, 15) is 19.2 Å². The molecule has 1 fully saturated rings. The first-order chi connectivity index (χ1) is 14.4. The van der Waals surface area contributed by atoms with Crippen LogP contribution >= 0.6 is 0 Å². The number of carbonyl (C=O) groups excluding carboxylic acids is 4. The zero-order valence-corrected chi connectivity index (χ0v) is 17.5. The molecule has 3 amide bonds. The fraction of sp³-hybridized carbons (Fsp3) is 0.524. The van der Waals surface area contributed by atoms with Gasteiger partial charge < -0.3 is 26.0 Å². The number of ether oxygens (including phenoxy) is 1. The number of ketones is 1. The maximum atomic E-state index is 12.6. The van der Waals surface area contributed by atoms with Gasteiger partial charge in [-0.1, -0.05) is 37.3 Å². The van der Waals surface area contributed by atoms with Gasteiger partial charge in [0.2, 0.25) is 17.7 Å². The molecular weight excluding hydrogens is 388 g/mol. The normalized spacial score (nSPS) is 15.0. The average Bonchev–Trinajstić information content (AvgIpc) is 3.53. The average molecular weight is 418 g/mol. The first-order valence-electron chi connectivity index (χ1n) is 10.1. The second-order valence-electron chi connectivity index (χ2n) is 7.22. The highest BCUT2D eigenvalue weighted by Crippen LogP contribution is 2.40. The highest BCUT2D eigenvalue weighted by Gasteiger charge is 2.49. The molecule has 1 saturated carbocycles. The number of amides is 3. The van der Waals surface area contributed by atoms with E-state index in [0.717, 1.165) is 5.56 Å². The van der Waals surface area contributed by atoms with Crippen molar-refractivity contribution in [3.63, 3.8) is 0 Å². The summed E-state index contributed by atoms with van der Waals surface area (Å²) in [6, 6.07) is 8.48. The lowest BCUT2D eigenvalue weighted by Crippen LogP contribution is -2.51. The summed E-state index contributed by atoms with van der Waals surface area (Å²) in [5.74, 6) is -1.19. The fourth-order valence-corrected chi connectivity index (χ4v) is 3.01. The number of rotatable bonds is 13. The van der Waals surface area contributed by atoms with Crippen molar-refractivity contribution in [2.24, 2.45) is 0 Å². The summed E-state index contributed by atoms with van der Waals surface area (Å²) in [6.45, 7) is 1.51. The molecule has 0 saturated heterocycles. The minimum absolute atomic E-state index is 0.0334. The Morgan fingerprint density at radius 1 is 1.03 bits per heavy atom. The van der Waals surface area contributed by atoms with Gasteiger partial charge in [-0.2, -0.15) is 0 Å². The van der Waals surface area contributed by atoms with Crippen molar-refractivity contribution < 1.29 is 23.9 Å². The minimum atomic E-state index is -0.811. The number of hydrogen-bond acceptors (Lipinski definition) is 6. The molecular formula is C21H30N4O5. The largest absolute Gasteiger partial charge is 0.347 e. The van der Waals surface area contributed by atoms with Gasteiger partial charge in [-0.3, -0.25) is 19.2 Å². The van der Waals surface area contributed by atoms with Gasteiger partial charge in [0.05, 0.1) is 13.1 Å². The zero-order chi connectivity index (χ0) is 22.0. The van der Waals surface area contributed by atoms with Crippen molar-refractivity contribution >= 4 is 23.5 Å². The van der Waals surface area contributed by atoms with Crippen LogP contribution in [-0.2, 0) is 30.3 Å². The number of Topliss-reactive ketones (excluding diaryl/α,β-unsaturated/α-hetero) is 1. The SMILES string of the molecule is CCC(=O)C1(OCNC(=O)CNC(=O)C(Cc2ccccc2)NC(=O)CNC)CC1. The highest BCUT2D eigenvalue weighted by molar-refractivity contribution is 5.91. The van der Waals surface area contributed by atoms with E-state index in [1.54, 1.807) is 14.0 Å². The van der Waals surface area contributed by atoms with Gasteiger partial charge in [-0.25, -0.2) is 0 Å². The van der Waals surface area contributed by atoms with Crippen molar-refractivity contribution in [1.29, 1.82) is 0 Å². The van der Waals surface area contributed by atoms with E-state index >= 15 is 0 Å². The molecule has 1 aliphatic rings. The molecule has 9 nitrogen and oxygen atoms in total. The number of carbonyl (C=O) groups is 4. The lowest BCUT2D eigenvalue weighted by molar-refractivity contribution is -0.136. The molecule has 0 aliphatic heterocycles. The quantitative estimate of drug-likeness (QED) is 0.325. The topological polar surface area (TPSA) is 126 Å². The smallest absolute Gasteiger partial charge is 0.243 e. The Morgan fingerprint density at radius 3 is 2.33 bits per heavy atom. The lowest BCUT2D eigenvalue weighted by Gasteiger charge is -2.19.